The van der Waals surface area contributed by atoms with Gasteiger partial charge >= 0.3 is 0 Å². The van der Waals surface area contributed by atoms with Crippen LogP contribution in [0, 0.1) is 5.92 Å². The maximum absolute atomic E-state index is 5.57. The summed E-state index contributed by atoms with van der Waals surface area (Å²) in [7, 11) is 0. The molecule has 1 atom stereocenters. The van der Waals surface area contributed by atoms with Crippen LogP contribution in [0.5, 0.6) is 5.75 Å². The van der Waals surface area contributed by atoms with Crippen LogP contribution in [0.4, 0.5) is 0 Å². The lowest BCUT2D eigenvalue weighted by Gasteiger charge is -2.09. The molecule has 0 fully saturated rings. The Morgan fingerprint density at radius 3 is 2.43 bits per heavy atom. The smallest absolute Gasteiger partial charge is 0.119 e. The highest BCUT2D eigenvalue weighted by atomic mass is 16.5. The second-order valence-electron chi connectivity index (χ2n) is 3.62. The second-order valence-corrected chi connectivity index (χ2v) is 3.62. The predicted octanol–water partition coefficient (Wildman–Crippen LogP) is 2.22. The van der Waals surface area contributed by atoms with Gasteiger partial charge in [0, 0.05) is 0 Å². The lowest BCUT2D eigenvalue weighted by atomic mass is 10.0. The van der Waals surface area contributed by atoms with Gasteiger partial charge in [0.25, 0.3) is 0 Å². The van der Waals surface area contributed by atoms with E-state index in [0.717, 1.165) is 25.3 Å². The maximum atomic E-state index is 5.57. The van der Waals surface area contributed by atoms with Crippen LogP contribution in [0.15, 0.2) is 24.3 Å². The van der Waals surface area contributed by atoms with Gasteiger partial charge in [0.05, 0.1) is 6.61 Å². The molecule has 0 aliphatic rings. The Labute approximate surface area is 86.1 Å². The van der Waals surface area contributed by atoms with Crippen molar-refractivity contribution in [3.05, 3.63) is 29.8 Å². The summed E-state index contributed by atoms with van der Waals surface area (Å²) in [6.45, 7) is 5.62. The van der Waals surface area contributed by atoms with Crippen molar-refractivity contribution in [3.8, 4) is 5.75 Å². The number of nitrogens with two attached hydrogens (primary N) is 1. The first-order chi connectivity index (χ1) is 6.76. The molecule has 0 bridgehead atoms. The molecule has 78 valence electrons. The molecular formula is C12H19NO. The second kappa shape index (κ2) is 5.66. The van der Waals surface area contributed by atoms with E-state index in [-0.39, 0.29) is 0 Å². The summed E-state index contributed by atoms with van der Waals surface area (Å²) in [4.78, 5) is 0. The van der Waals surface area contributed by atoms with Gasteiger partial charge in [-0.25, -0.2) is 0 Å². The van der Waals surface area contributed by atoms with Crippen LogP contribution < -0.4 is 10.5 Å². The van der Waals surface area contributed by atoms with Gasteiger partial charge in [-0.3, -0.25) is 0 Å². The number of rotatable bonds is 5. The molecule has 1 aromatic carbocycles. The van der Waals surface area contributed by atoms with Gasteiger partial charge in [-0.1, -0.05) is 19.1 Å². The van der Waals surface area contributed by atoms with E-state index in [4.69, 9.17) is 10.5 Å². The molecular weight excluding hydrogens is 174 g/mol. The number of hydrogen-bond acceptors (Lipinski definition) is 2. The molecule has 0 radical (unpaired) electrons. The zero-order chi connectivity index (χ0) is 10.4. The van der Waals surface area contributed by atoms with Crippen molar-refractivity contribution in [2.45, 2.75) is 20.3 Å². The average molecular weight is 193 g/mol. The Hall–Kier alpha value is -1.02. The highest BCUT2D eigenvalue weighted by Gasteiger charge is 2.01. The van der Waals surface area contributed by atoms with E-state index < -0.39 is 0 Å². The standard InChI is InChI=1S/C12H19NO/c1-3-14-12-6-4-11(5-7-12)8-10(2)9-13/h4-7,10H,3,8-9,13H2,1-2H3/t10-/m1/s1. The normalized spacial score (nSPS) is 12.5. The number of ether oxygens (including phenoxy) is 1. The van der Waals surface area contributed by atoms with Crippen molar-refractivity contribution in [1.82, 2.24) is 0 Å². The molecule has 14 heavy (non-hydrogen) atoms. The minimum atomic E-state index is 0.549. The maximum Gasteiger partial charge on any atom is 0.119 e. The molecule has 0 saturated heterocycles. The molecule has 0 saturated carbocycles. The SMILES string of the molecule is CCOc1ccc(C[C@@H](C)CN)cc1. The van der Waals surface area contributed by atoms with E-state index in [9.17, 15) is 0 Å². The Balaban J connectivity index is 2.54. The largest absolute Gasteiger partial charge is 0.494 e. The highest BCUT2D eigenvalue weighted by molar-refractivity contribution is 5.27. The van der Waals surface area contributed by atoms with E-state index in [0.29, 0.717) is 5.92 Å². The Morgan fingerprint density at radius 1 is 1.29 bits per heavy atom. The van der Waals surface area contributed by atoms with Gasteiger partial charge in [-0.15, -0.1) is 0 Å². The summed E-state index contributed by atoms with van der Waals surface area (Å²) >= 11 is 0. The molecule has 0 amide bonds. The first-order valence-electron chi connectivity index (χ1n) is 5.18. The summed E-state index contributed by atoms with van der Waals surface area (Å²) in [6, 6.07) is 8.25. The zero-order valence-corrected chi connectivity index (χ0v) is 8.99. The molecule has 0 aliphatic carbocycles. The topological polar surface area (TPSA) is 35.2 Å². The fraction of sp³-hybridized carbons (Fsp3) is 0.500. The Kier molecular flexibility index (Phi) is 4.47. The fourth-order valence-electron chi connectivity index (χ4n) is 1.37. The van der Waals surface area contributed by atoms with Crippen LogP contribution in [0.2, 0.25) is 0 Å². The number of benzene rings is 1. The molecule has 0 aromatic heterocycles. The van der Waals surface area contributed by atoms with Gasteiger partial charge in [-0.2, -0.15) is 0 Å². The minimum Gasteiger partial charge on any atom is -0.494 e. The highest BCUT2D eigenvalue weighted by Crippen LogP contribution is 2.14. The van der Waals surface area contributed by atoms with E-state index in [1.54, 1.807) is 0 Å². The summed E-state index contributed by atoms with van der Waals surface area (Å²) in [5.74, 6) is 1.49. The van der Waals surface area contributed by atoms with Gasteiger partial charge in [-0.05, 0) is 43.5 Å². The van der Waals surface area contributed by atoms with Crippen molar-refractivity contribution in [1.29, 1.82) is 0 Å². The van der Waals surface area contributed by atoms with Crippen molar-refractivity contribution >= 4 is 0 Å². The molecule has 0 heterocycles. The predicted molar refractivity (Wildman–Crippen MR) is 59.5 cm³/mol. The van der Waals surface area contributed by atoms with Crippen molar-refractivity contribution in [2.24, 2.45) is 11.7 Å². The van der Waals surface area contributed by atoms with E-state index in [1.165, 1.54) is 5.56 Å². The molecule has 0 unspecified atom stereocenters. The van der Waals surface area contributed by atoms with Crippen LogP contribution in [0.25, 0.3) is 0 Å². The lowest BCUT2D eigenvalue weighted by molar-refractivity contribution is 0.340. The summed E-state index contributed by atoms with van der Waals surface area (Å²) < 4.78 is 5.37. The number of hydrogen-bond donors (Lipinski definition) is 1. The molecule has 1 rings (SSSR count). The Bertz CT molecular complexity index is 256. The van der Waals surface area contributed by atoms with Gasteiger partial charge < -0.3 is 10.5 Å². The minimum absolute atomic E-state index is 0.549. The van der Waals surface area contributed by atoms with Gasteiger partial charge in [0.2, 0.25) is 0 Å². The van der Waals surface area contributed by atoms with Crippen molar-refractivity contribution < 1.29 is 4.74 Å². The fourth-order valence-corrected chi connectivity index (χ4v) is 1.37. The van der Waals surface area contributed by atoms with Crippen LogP contribution in [-0.4, -0.2) is 13.2 Å². The zero-order valence-electron chi connectivity index (χ0n) is 8.99. The summed E-state index contributed by atoms with van der Waals surface area (Å²) in [5, 5.41) is 0. The third-order valence-electron chi connectivity index (χ3n) is 2.22. The molecule has 2 heteroatoms. The third kappa shape index (κ3) is 3.38. The van der Waals surface area contributed by atoms with Crippen LogP contribution in [0.1, 0.15) is 19.4 Å². The first-order valence-corrected chi connectivity index (χ1v) is 5.18. The van der Waals surface area contributed by atoms with Gasteiger partial charge in [0.15, 0.2) is 0 Å². The third-order valence-corrected chi connectivity index (χ3v) is 2.22. The summed E-state index contributed by atoms with van der Waals surface area (Å²) in [6.07, 6.45) is 1.04. The average Bonchev–Trinajstić information content (AvgIpc) is 2.21. The molecule has 2 nitrogen and oxygen atoms in total. The lowest BCUT2D eigenvalue weighted by Crippen LogP contribution is -2.12. The van der Waals surface area contributed by atoms with E-state index >= 15 is 0 Å². The van der Waals surface area contributed by atoms with E-state index in [2.05, 4.69) is 19.1 Å². The van der Waals surface area contributed by atoms with Crippen molar-refractivity contribution in [2.75, 3.05) is 13.2 Å². The molecule has 0 aliphatic heterocycles. The summed E-state index contributed by atoms with van der Waals surface area (Å²) in [5.41, 5.74) is 6.90. The Morgan fingerprint density at radius 2 is 1.93 bits per heavy atom. The molecule has 0 spiro atoms. The van der Waals surface area contributed by atoms with Crippen LogP contribution >= 0.6 is 0 Å². The van der Waals surface area contributed by atoms with Gasteiger partial charge in [0.1, 0.15) is 5.75 Å². The van der Waals surface area contributed by atoms with E-state index in [1.807, 2.05) is 19.1 Å². The van der Waals surface area contributed by atoms with Crippen LogP contribution in [-0.2, 0) is 6.42 Å². The van der Waals surface area contributed by atoms with Crippen LogP contribution in [0.3, 0.4) is 0 Å². The van der Waals surface area contributed by atoms with Crippen molar-refractivity contribution in [3.63, 3.8) is 0 Å². The quantitative estimate of drug-likeness (QED) is 0.778. The molecule has 1 aromatic rings. The molecule has 2 N–H and O–H groups in total. The first kappa shape index (κ1) is 11.1. The monoisotopic (exact) mass is 193 g/mol.